The van der Waals surface area contributed by atoms with Crippen molar-refractivity contribution in [2.75, 3.05) is 16.8 Å². The van der Waals surface area contributed by atoms with E-state index in [1.807, 2.05) is 0 Å². The highest BCUT2D eigenvalue weighted by Gasteiger charge is 2.29. The van der Waals surface area contributed by atoms with Crippen molar-refractivity contribution in [3.05, 3.63) is 16.8 Å². The van der Waals surface area contributed by atoms with E-state index in [4.69, 9.17) is 0 Å². The van der Waals surface area contributed by atoms with Crippen LogP contribution in [0.1, 0.15) is 28.0 Å². The first-order chi connectivity index (χ1) is 8.80. The standard InChI is InChI=1S/C11H15N3O4S/c1-6-7(2)13-14-10(9(6)11(15)16)12-8-3-4-19(17,18)5-8/h8H,3-5H2,1-2H3,(H,12,14)(H,15,16). The molecule has 8 heteroatoms. The topological polar surface area (TPSA) is 109 Å². The zero-order chi connectivity index (χ0) is 14.2. The molecule has 1 saturated heterocycles. The van der Waals surface area contributed by atoms with Gasteiger partial charge in [-0.05, 0) is 25.8 Å². The van der Waals surface area contributed by atoms with Crippen LogP contribution in [-0.2, 0) is 9.84 Å². The number of sulfone groups is 1. The van der Waals surface area contributed by atoms with Gasteiger partial charge in [-0.3, -0.25) is 0 Å². The van der Waals surface area contributed by atoms with Crippen molar-refractivity contribution in [1.82, 2.24) is 10.2 Å². The molecule has 19 heavy (non-hydrogen) atoms. The van der Waals surface area contributed by atoms with Gasteiger partial charge in [0.25, 0.3) is 0 Å². The molecule has 1 unspecified atom stereocenters. The van der Waals surface area contributed by atoms with E-state index in [1.165, 1.54) is 0 Å². The summed E-state index contributed by atoms with van der Waals surface area (Å²) in [5.41, 5.74) is 1.13. The smallest absolute Gasteiger partial charge is 0.339 e. The van der Waals surface area contributed by atoms with Crippen LogP contribution in [-0.4, -0.2) is 47.2 Å². The number of aromatic carboxylic acids is 1. The third kappa shape index (κ3) is 2.83. The van der Waals surface area contributed by atoms with Crippen LogP contribution >= 0.6 is 0 Å². The third-order valence-electron chi connectivity index (χ3n) is 3.24. The number of nitrogens with one attached hydrogen (secondary N) is 1. The fourth-order valence-electron chi connectivity index (χ4n) is 2.07. The Morgan fingerprint density at radius 1 is 1.37 bits per heavy atom. The van der Waals surface area contributed by atoms with E-state index >= 15 is 0 Å². The minimum atomic E-state index is -3.03. The summed E-state index contributed by atoms with van der Waals surface area (Å²) in [6.45, 7) is 3.34. The van der Waals surface area contributed by atoms with E-state index in [0.29, 0.717) is 17.7 Å². The molecule has 104 valence electrons. The largest absolute Gasteiger partial charge is 0.478 e. The summed E-state index contributed by atoms with van der Waals surface area (Å²) in [6, 6.07) is -0.306. The van der Waals surface area contributed by atoms with Gasteiger partial charge in [-0.15, -0.1) is 5.10 Å². The summed E-state index contributed by atoms with van der Waals surface area (Å²) < 4.78 is 22.8. The molecular weight excluding hydrogens is 270 g/mol. The van der Waals surface area contributed by atoms with Gasteiger partial charge in [0.1, 0.15) is 5.56 Å². The van der Waals surface area contributed by atoms with Crippen molar-refractivity contribution < 1.29 is 18.3 Å². The quantitative estimate of drug-likeness (QED) is 0.826. The number of nitrogens with zero attached hydrogens (tertiary/aromatic N) is 2. The lowest BCUT2D eigenvalue weighted by molar-refractivity contribution is 0.0696. The number of anilines is 1. The molecule has 2 N–H and O–H groups in total. The predicted molar refractivity (Wildman–Crippen MR) is 69.1 cm³/mol. The first-order valence-corrected chi connectivity index (χ1v) is 7.66. The molecule has 1 aromatic heterocycles. The number of hydrogen-bond acceptors (Lipinski definition) is 6. The molecule has 1 aliphatic heterocycles. The maximum Gasteiger partial charge on any atom is 0.339 e. The second-order valence-corrected chi connectivity index (χ2v) is 6.91. The zero-order valence-corrected chi connectivity index (χ0v) is 11.5. The summed E-state index contributed by atoms with van der Waals surface area (Å²) >= 11 is 0. The normalized spacial score (nSPS) is 21.3. The van der Waals surface area contributed by atoms with Gasteiger partial charge >= 0.3 is 5.97 Å². The molecule has 1 aromatic rings. The Labute approximate surface area is 111 Å². The SMILES string of the molecule is Cc1nnc(NC2CCS(=O)(=O)C2)c(C(=O)O)c1C. The Hall–Kier alpha value is -1.70. The van der Waals surface area contributed by atoms with Crippen LogP contribution in [0.2, 0.25) is 0 Å². The predicted octanol–water partition coefficient (Wildman–Crippen LogP) is 0.391. The zero-order valence-electron chi connectivity index (χ0n) is 10.7. The van der Waals surface area contributed by atoms with E-state index in [-0.39, 0.29) is 28.9 Å². The Morgan fingerprint density at radius 3 is 2.58 bits per heavy atom. The molecule has 0 amide bonds. The van der Waals surface area contributed by atoms with Crippen LogP contribution in [0, 0.1) is 13.8 Å². The van der Waals surface area contributed by atoms with Crippen molar-refractivity contribution in [3.63, 3.8) is 0 Å². The van der Waals surface area contributed by atoms with E-state index in [9.17, 15) is 18.3 Å². The molecule has 2 heterocycles. The lowest BCUT2D eigenvalue weighted by Crippen LogP contribution is -2.24. The molecule has 0 bridgehead atoms. The van der Waals surface area contributed by atoms with Gasteiger partial charge in [0.05, 0.1) is 17.2 Å². The van der Waals surface area contributed by atoms with Crippen molar-refractivity contribution >= 4 is 21.6 Å². The Bertz CT molecular complexity index is 627. The number of carbonyl (C=O) groups is 1. The van der Waals surface area contributed by atoms with Gasteiger partial charge in [0.2, 0.25) is 0 Å². The maximum atomic E-state index is 11.4. The Morgan fingerprint density at radius 2 is 2.05 bits per heavy atom. The van der Waals surface area contributed by atoms with Gasteiger partial charge in [-0.1, -0.05) is 0 Å². The summed E-state index contributed by atoms with van der Waals surface area (Å²) in [5, 5.41) is 19.8. The molecule has 1 fully saturated rings. The van der Waals surface area contributed by atoms with Crippen LogP contribution in [0.3, 0.4) is 0 Å². The molecule has 0 spiro atoms. The molecule has 1 aliphatic rings. The fraction of sp³-hybridized carbons (Fsp3) is 0.545. The fourth-order valence-corrected chi connectivity index (χ4v) is 3.75. The van der Waals surface area contributed by atoms with Crippen LogP contribution < -0.4 is 5.32 Å². The number of hydrogen-bond donors (Lipinski definition) is 2. The van der Waals surface area contributed by atoms with Gasteiger partial charge in [-0.2, -0.15) is 5.10 Å². The lowest BCUT2D eigenvalue weighted by Gasteiger charge is -2.14. The van der Waals surface area contributed by atoms with E-state index in [0.717, 1.165) is 0 Å². The Balaban J connectivity index is 2.31. The first-order valence-electron chi connectivity index (χ1n) is 5.84. The molecule has 2 rings (SSSR count). The number of rotatable bonds is 3. The van der Waals surface area contributed by atoms with Crippen molar-refractivity contribution in [2.24, 2.45) is 0 Å². The minimum Gasteiger partial charge on any atom is -0.478 e. The summed E-state index contributed by atoms with van der Waals surface area (Å²) in [6.07, 6.45) is 0.454. The van der Waals surface area contributed by atoms with Gasteiger partial charge in [-0.25, -0.2) is 13.2 Å². The second kappa shape index (κ2) is 4.76. The second-order valence-electron chi connectivity index (χ2n) is 4.68. The van der Waals surface area contributed by atoms with E-state index in [2.05, 4.69) is 15.5 Å². The molecule has 0 aliphatic carbocycles. The number of aryl methyl sites for hydroxylation is 1. The molecule has 0 saturated carbocycles. The average Bonchev–Trinajstić information content (AvgIpc) is 2.63. The van der Waals surface area contributed by atoms with Gasteiger partial charge in [0, 0.05) is 6.04 Å². The summed E-state index contributed by atoms with van der Waals surface area (Å²) in [5.74, 6) is -0.844. The molecular formula is C11H15N3O4S. The van der Waals surface area contributed by atoms with Gasteiger partial charge in [0.15, 0.2) is 15.7 Å². The van der Waals surface area contributed by atoms with E-state index < -0.39 is 15.8 Å². The molecule has 1 atom stereocenters. The highest BCUT2D eigenvalue weighted by Crippen LogP contribution is 2.22. The highest BCUT2D eigenvalue weighted by molar-refractivity contribution is 7.91. The lowest BCUT2D eigenvalue weighted by atomic mass is 10.1. The molecule has 0 radical (unpaired) electrons. The van der Waals surface area contributed by atoms with Gasteiger partial charge < -0.3 is 10.4 Å². The molecule has 7 nitrogen and oxygen atoms in total. The van der Waals surface area contributed by atoms with Crippen LogP contribution in [0.4, 0.5) is 5.82 Å². The summed E-state index contributed by atoms with van der Waals surface area (Å²) in [4.78, 5) is 11.3. The van der Waals surface area contributed by atoms with Crippen molar-refractivity contribution in [1.29, 1.82) is 0 Å². The average molecular weight is 285 g/mol. The van der Waals surface area contributed by atoms with E-state index in [1.54, 1.807) is 13.8 Å². The van der Waals surface area contributed by atoms with Crippen LogP contribution in [0.25, 0.3) is 0 Å². The van der Waals surface area contributed by atoms with Crippen LogP contribution in [0.5, 0.6) is 0 Å². The highest BCUT2D eigenvalue weighted by atomic mass is 32.2. The van der Waals surface area contributed by atoms with Crippen LogP contribution in [0.15, 0.2) is 0 Å². The number of carboxylic acid groups (broad SMARTS) is 1. The molecule has 0 aromatic carbocycles. The first kappa shape index (κ1) is 13.7. The minimum absolute atomic E-state index is 0.000658. The van der Waals surface area contributed by atoms with Crippen molar-refractivity contribution in [2.45, 2.75) is 26.3 Å². The third-order valence-corrected chi connectivity index (χ3v) is 5.01. The number of carboxylic acids is 1. The summed E-state index contributed by atoms with van der Waals surface area (Å²) in [7, 11) is -3.03. The Kier molecular flexibility index (Phi) is 3.44. The maximum absolute atomic E-state index is 11.4. The van der Waals surface area contributed by atoms with Crippen molar-refractivity contribution in [3.8, 4) is 0 Å². The number of aromatic nitrogens is 2. The monoisotopic (exact) mass is 285 g/mol.